The number of carbonyl (C=O) groups excluding carboxylic acids is 1. The van der Waals surface area contributed by atoms with Gasteiger partial charge in [0.05, 0.1) is 16.9 Å². The first-order valence-corrected chi connectivity index (χ1v) is 13.9. The number of fused-ring (bicyclic) bond motifs is 1. The third-order valence-corrected chi connectivity index (χ3v) is 7.05. The van der Waals surface area contributed by atoms with Crippen molar-refractivity contribution in [2.24, 2.45) is 0 Å². The number of benzene rings is 2. The molecule has 0 spiro atoms. The maximum absolute atomic E-state index is 16.0. The van der Waals surface area contributed by atoms with E-state index in [0.29, 0.717) is 48.9 Å². The van der Waals surface area contributed by atoms with Gasteiger partial charge in [-0.05, 0) is 71.9 Å². The minimum absolute atomic E-state index is 0.0325. The molecule has 1 fully saturated rings. The molecule has 4 aromatic rings. The lowest BCUT2D eigenvalue weighted by Crippen LogP contribution is -2.50. The molecular weight excluding hydrogens is 542 g/mol. The van der Waals surface area contributed by atoms with Gasteiger partial charge in [0.1, 0.15) is 29.0 Å². The average molecular weight is 579 g/mol. The highest BCUT2D eigenvalue weighted by Gasteiger charge is 2.27. The highest BCUT2D eigenvalue weighted by molar-refractivity contribution is 5.84. The van der Waals surface area contributed by atoms with E-state index in [9.17, 15) is 4.79 Å². The summed E-state index contributed by atoms with van der Waals surface area (Å²) in [6, 6.07) is 8.28. The number of carbonyl (C=O) groups is 1. The topological polar surface area (TPSA) is 114 Å². The van der Waals surface area contributed by atoms with Crippen LogP contribution in [0.15, 0.2) is 36.7 Å². The molecule has 12 heteroatoms. The highest BCUT2D eigenvalue weighted by Crippen LogP contribution is 2.35. The lowest BCUT2D eigenvalue weighted by molar-refractivity contribution is 0.0240. The molecule has 0 bridgehead atoms. The van der Waals surface area contributed by atoms with Gasteiger partial charge in [0.25, 0.3) is 0 Å². The van der Waals surface area contributed by atoms with E-state index >= 15 is 8.78 Å². The molecule has 0 atom stereocenters. The highest BCUT2D eigenvalue weighted by atomic mass is 19.1. The number of nitrogen functional groups attached to an aromatic ring is 1. The summed E-state index contributed by atoms with van der Waals surface area (Å²) < 4.78 is 38.5. The van der Waals surface area contributed by atoms with Crippen LogP contribution in [0, 0.1) is 18.6 Å². The van der Waals surface area contributed by atoms with Gasteiger partial charge in [-0.1, -0.05) is 0 Å². The number of imidazole rings is 1. The van der Waals surface area contributed by atoms with E-state index in [2.05, 4.69) is 25.2 Å². The molecule has 2 aromatic carbocycles. The van der Waals surface area contributed by atoms with Crippen molar-refractivity contribution in [3.63, 3.8) is 0 Å². The second-order valence-electron chi connectivity index (χ2n) is 11.7. The predicted molar refractivity (Wildman–Crippen MR) is 160 cm³/mol. The lowest BCUT2D eigenvalue weighted by Gasteiger charge is -2.37. The number of amides is 1. The second kappa shape index (κ2) is 11.1. The molecule has 3 N–H and O–H groups in total. The lowest BCUT2D eigenvalue weighted by atomic mass is 10.1. The minimum atomic E-state index is -0.730. The summed E-state index contributed by atoms with van der Waals surface area (Å²) in [5.74, 6) is -0.691. The summed E-state index contributed by atoms with van der Waals surface area (Å²) in [6.07, 6.45) is 0.883. The van der Waals surface area contributed by atoms with Crippen LogP contribution in [-0.4, -0.2) is 62.3 Å². The van der Waals surface area contributed by atoms with E-state index in [4.69, 9.17) is 10.5 Å². The van der Waals surface area contributed by atoms with Crippen molar-refractivity contribution in [2.75, 3.05) is 42.1 Å². The summed E-state index contributed by atoms with van der Waals surface area (Å²) in [5.41, 5.74) is 8.34. The van der Waals surface area contributed by atoms with Crippen LogP contribution < -0.4 is 16.0 Å². The van der Waals surface area contributed by atoms with E-state index in [1.165, 1.54) is 12.4 Å². The zero-order valence-corrected chi connectivity index (χ0v) is 24.7. The third-order valence-electron chi connectivity index (χ3n) is 7.05. The molecule has 0 saturated carbocycles. The van der Waals surface area contributed by atoms with Crippen LogP contribution in [0.1, 0.15) is 46.5 Å². The van der Waals surface area contributed by atoms with Crippen LogP contribution in [0.2, 0.25) is 0 Å². The second-order valence-corrected chi connectivity index (χ2v) is 11.7. The number of aromatic nitrogens is 4. The summed E-state index contributed by atoms with van der Waals surface area (Å²) in [6.45, 7) is 13.3. The summed E-state index contributed by atoms with van der Waals surface area (Å²) in [7, 11) is 0. The molecule has 1 amide bonds. The smallest absolute Gasteiger partial charge is 0.410 e. The number of halogens is 2. The molecule has 2 aromatic heterocycles. The minimum Gasteiger partial charge on any atom is -0.444 e. The average Bonchev–Trinajstić information content (AvgIpc) is 3.26. The van der Waals surface area contributed by atoms with Crippen molar-refractivity contribution in [1.29, 1.82) is 0 Å². The predicted octanol–water partition coefficient (Wildman–Crippen LogP) is 6.04. The van der Waals surface area contributed by atoms with E-state index in [1.807, 2.05) is 52.2 Å². The number of nitrogens with zero attached hydrogens (tertiary/aromatic N) is 6. The maximum atomic E-state index is 16.0. The van der Waals surface area contributed by atoms with Gasteiger partial charge in [-0.2, -0.15) is 0 Å². The first-order chi connectivity index (χ1) is 19.8. The molecule has 10 nitrogen and oxygen atoms in total. The largest absolute Gasteiger partial charge is 0.444 e. The van der Waals surface area contributed by atoms with Crippen LogP contribution >= 0.6 is 0 Å². The first-order valence-electron chi connectivity index (χ1n) is 13.9. The van der Waals surface area contributed by atoms with E-state index in [-0.39, 0.29) is 34.7 Å². The Labute approximate surface area is 243 Å². The molecule has 42 heavy (non-hydrogen) atoms. The Morgan fingerprint density at radius 1 is 1.07 bits per heavy atom. The fourth-order valence-corrected chi connectivity index (χ4v) is 5.23. The quantitative estimate of drug-likeness (QED) is 0.276. The molecule has 0 radical (unpaired) electrons. The van der Waals surface area contributed by atoms with Crippen molar-refractivity contribution in [3.05, 3.63) is 54.1 Å². The van der Waals surface area contributed by atoms with Crippen LogP contribution in [0.5, 0.6) is 0 Å². The van der Waals surface area contributed by atoms with Gasteiger partial charge in [0.2, 0.25) is 0 Å². The standard InChI is InChI=1S/C30H36F2N8O2/c1-17(2)40-18(3)36-27-21(31)13-19(14-24(27)40)26-25(32)28(35-16-34-26)37-22-15-20(33)7-8-23(22)38-9-11-39(12-10-38)29(41)42-30(4,5)6/h7-8,13-17H,9-12,33H2,1-6H3,(H,34,35,37). The molecule has 1 aliphatic heterocycles. The van der Waals surface area contributed by atoms with Crippen LogP contribution in [0.25, 0.3) is 22.3 Å². The maximum Gasteiger partial charge on any atom is 0.410 e. The van der Waals surface area contributed by atoms with Crippen molar-refractivity contribution >= 4 is 40.0 Å². The summed E-state index contributed by atoms with van der Waals surface area (Å²) in [5, 5.41) is 3.08. The fourth-order valence-electron chi connectivity index (χ4n) is 5.23. The Kier molecular flexibility index (Phi) is 7.65. The first kappa shape index (κ1) is 29.0. The van der Waals surface area contributed by atoms with Gasteiger partial charge < -0.3 is 30.2 Å². The molecular formula is C30H36F2N8O2. The Hall–Kier alpha value is -4.48. The molecule has 0 aliphatic carbocycles. The summed E-state index contributed by atoms with van der Waals surface area (Å²) >= 11 is 0. The molecule has 3 heterocycles. The SMILES string of the molecule is Cc1nc2c(F)cc(-c3ncnc(Nc4cc(N)ccc4N4CCN(C(=O)OC(C)(C)C)CC4)c3F)cc2n1C(C)C. The van der Waals surface area contributed by atoms with E-state index in [1.54, 1.807) is 23.1 Å². The zero-order valence-electron chi connectivity index (χ0n) is 24.7. The monoisotopic (exact) mass is 578 g/mol. The molecule has 1 aliphatic rings. The molecule has 0 unspecified atom stereocenters. The van der Waals surface area contributed by atoms with Crippen molar-refractivity contribution in [3.8, 4) is 11.3 Å². The Morgan fingerprint density at radius 3 is 2.45 bits per heavy atom. The zero-order chi connectivity index (χ0) is 30.3. The van der Waals surface area contributed by atoms with Gasteiger partial charge >= 0.3 is 6.09 Å². The third kappa shape index (κ3) is 5.79. The van der Waals surface area contributed by atoms with Gasteiger partial charge in [0, 0.05) is 43.5 Å². The number of hydrogen-bond acceptors (Lipinski definition) is 8. The Bertz CT molecular complexity index is 1640. The number of rotatable bonds is 5. The number of aryl methyl sites for hydroxylation is 1. The van der Waals surface area contributed by atoms with Gasteiger partial charge in [-0.15, -0.1) is 0 Å². The number of anilines is 4. The molecule has 222 valence electrons. The Morgan fingerprint density at radius 2 is 1.79 bits per heavy atom. The van der Waals surface area contributed by atoms with Gasteiger partial charge in [-0.25, -0.2) is 28.5 Å². The van der Waals surface area contributed by atoms with Crippen molar-refractivity contribution in [1.82, 2.24) is 24.4 Å². The normalized spacial score (nSPS) is 14.1. The van der Waals surface area contributed by atoms with Crippen molar-refractivity contribution in [2.45, 2.75) is 53.2 Å². The van der Waals surface area contributed by atoms with E-state index < -0.39 is 17.2 Å². The summed E-state index contributed by atoms with van der Waals surface area (Å²) in [4.78, 5) is 28.9. The number of nitrogens with two attached hydrogens (primary N) is 1. The number of piperazine rings is 1. The van der Waals surface area contributed by atoms with Gasteiger partial charge in [0.15, 0.2) is 17.5 Å². The Balaban J connectivity index is 1.43. The fraction of sp³-hybridized carbons (Fsp3) is 0.400. The van der Waals surface area contributed by atoms with Crippen LogP contribution in [-0.2, 0) is 4.74 Å². The van der Waals surface area contributed by atoms with E-state index in [0.717, 1.165) is 5.69 Å². The van der Waals surface area contributed by atoms with Gasteiger partial charge in [-0.3, -0.25) is 0 Å². The number of nitrogens with one attached hydrogen (secondary N) is 1. The molecule has 5 rings (SSSR count). The van der Waals surface area contributed by atoms with Crippen LogP contribution in [0.3, 0.4) is 0 Å². The number of hydrogen-bond donors (Lipinski definition) is 2. The van der Waals surface area contributed by atoms with Crippen molar-refractivity contribution < 1.29 is 18.3 Å². The molecule has 1 saturated heterocycles. The van der Waals surface area contributed by atoms with Crippen LogP contribution in [0.4, 0.5) is 36.5 Å². The number of ether oxygens (including phenoxy) is 1.